The lowest BCUT2D eigenvalue weighted by atomic mass is 10.1. The largest absolute Gasteiger partial charge is 0.358 e. The zero-order chi connectivity index (χ0) is 16.0. The SMILES string of the molecule is CC1=CC=Cc2cc3c(C)c(C)[nH]c3cc2N1c1ccccc1. The van der Waals surface area contributed by atoms with E-state index in [1.54, 1.807) is 0 Å². The van der Waals surface area contributed by atoms with E-state index in [1.807, 2.05) is 0 Å². The van der Waals surface area contributed by atoms with Gasteiger partial charge in [0, 0.05) is 28.0 Å². The molecule has 23 heavy (non-hydrogen) atoms. The Labute approximate surface area is 136 Å². The highest BCUT2D eigenvalue weighted by atomic mass is 15.1. The van der Waals surface area contributed by atoms with E-state index in [9.17, 15) is 0 Å². The van der Waals surface area contributed by atoms with Gasteiger partial charge in [-0.1, -0.05) is 30.4 Å². The Morgan fingerprint density at radius 3 is 2.52 bits per heavy atom. The van der Waals surface area contributed by atoms with Gasteiger partial charge in [0.25, 0.3) is 0 Å². The first-order valence-corrected chi connectivity index (χ1v) is 7.98. The third-order valence-corrected chi connectivity index (χ3v) is 4.68. The lowest BCUT2D eigenvalue weighted by Crippen LogP contribution is -2.14. The Kier molecular flexibility index (Phi) is 3.12. The Morgan fingerprint density at radius 2 is 1.74 bits per heavy atom. The van der Waals surface area contributed by atoms with Crippen LogP contribution in [0.1, 0.15) is 23.7 Å². The van der Waals surface area contributed by atoms with Gasteiger partial charge in [-0.2, -0.15) is 0 Å². The summed E-state index contributed by atoms with van der Waals surface area (Å²) < 4.78 is 0. The molecule has 2 nitrogen and oxygen atoms in total. The van der Waals surface area contributed by atoms with Crippen molar-refractivity contribution in [3.63, 3.8) is 0 Å². The summed E-state index contributed by atoms with van der Waals surface area (Å²) in [5.41, 5.74) is 8.63. The van der Waals surface area contributed by atoms with Crippen LogP contribution in [0.2, 0.25) is 0 Å². The monoisotopic (exact) mass is 300 g/mol. The number of anilines is 2. The van der Waals surface area contributed by atoms with Crippen molar-refractivity contribution in [1.29, 1.82) is 0 Å². The number of aromatic nitrogens is 1. The van der Waals surface area contributed by atoms with Gasteiger partial charge in [0.05, 0.1) is 5.69 Å². The second kappa shape index (κ2) is 5.17. The maximum atomic E-state index is 3.51. The third kappa shape index (κ3) is 2.18. The minimum absolute atomic E-state index is 1.19. The topological polar surface area (TPSA) is 19.0 Å². The smallest absolute Gasteiger partial charge is 0.0551 e. The summed E-state index contributed by atoms with van der Waals surface area (Å²) in [6.45, 7) is 6.47. The number of aromatic amines is 1. The molecule has 0 fully saturated rings. The molecule has 0 saturated carbocycles. The van der Waals surface area contributed by atoms with Crippen molar-refractivity contribution in [2.45, 2.75) is 20.8 Å². The maximum absolute atomic E-state index is 3.51. The maximum Gasteiger partial charge on any atom is 0.0551 e. The van der Waals surface area contributed by atoms with Crippen LogP contribution in [-0.4, -0.2) is 4.98 Å². The summed E-state index contributed by atoms with van der Waals surface area (Å²) in [5, 5.41) is 1.30. The number of nitrogens with one attached hydrogen (secondary N) is 1. The molecule has 0 radical (unpaired) electrons. The highest BCUT2D eigenvalue weighted by molar-refractivity contribution is 5.94. The molecule has 1 aliphatic heterocycles. The van der Waals surface area contributed by atoms with E-state index < -0.39 is 0 Å². The van der Waals surface area contributed by atoms with E-state index in [4.69, 9.17) is 0 Å². The van der Waals surface area contributed by atoms with Crippen LogP contribution in [0.5, 0.6) is 0 Å². The number of H-pyrrole nitrogens is 1. The highest BCUT2D eigenvalue weighted by Gasteiger charge is 2.18. The van der Waals surface area contributed by atoms with Gasteiger partial charge in [0.2, 0.25) is 0 Å². The number of aryl methyl sites for hydroxylation is 2. The predicted molar refractivity (Wildman–Crippen MR) is 99.1 cm³/mol. The van der Waals surface area contributed by atoms with Crippen LogP contribution >= 0.6 is 0 Å². The Balaban J connectivity index is 2.00. The molecule has 0 unspecified atom stereocenters. The van der Waals surface area contributed by atoms with Crippen molar-refractivity contribution in [1.82, 2.24) is 4.98 Å². The molecule has 0 bridgehead atoms. The van der Waals surface area contributed by atoms with Gasteiger partial charge in [-0.25, -0.2) is 0 Å². The van der Waals surface area contributed by atoms with Gasteiger partial charge in [-0.15, -0.1) is 0 Å². The molecule has 0 saturated heterocycles. The van der Waals surface area contributed by atoms with E-state index >= 15 is 0 Å². The number of hydrogen-bond donors (Lipinski definition) is 1. The molecule has 3 aromatic rings. The normalized spacial score (nSPS) is 13.9. The van der Waals surface area contributed by atoms with E-state index in [2.05, 4.69) is 91.3 Å². The van der Waals surface area contributed by atoms with Crippen molar-refractivity contribution in [3.8, 4) is 0 Å². The molecule has 1 N–H and O–H groups in total. The lowest BCUT2D eigenvalue weighted by Gasteiger charge is -2.26. The van der Waals surface area contributed by atoms with Gasteiger partial charge in [0.15, 0.2) is 0 Å². The van der Waals surface area contributed by atoms with Crippen molar-refractivity contribution in [2.75, 3.05) is 4.90 Å². The van der Waals surface area contributed by atoms with Gasteiger partial charge >= 0.3 is 0 Å². The standard InChI is InChI=1S/C21H20N2/c1-14-8-7-9-17-12-19-15(2)16(3)22-20(19)13-21(17)23(14)18-10-5-4-6-11-18/h4-13,22H,1-3H3. The minimum atomic E-state index is 1.19. The molecule has 4 rings (SSSR count). The van der Waals surface area contributed by atoms with E-state index in [0.717, 1.165) is 0 Å². The Bertz CT molecular complexity index is 943. The molecule has 0 spiro atoms. The van der Waals surface area contributed by atoms with Crippen LogP contribution in [0.15, 0.2) is 60.3 Å². The predicted octanol–water partition coefficient (Wildman–Crippen LogP) is 5.85. The van der Waals surface area contributed by atoms with Crippen LogP contribution in [0, 0.1) is 13.8 Å². The summed E-state index contributed by atoms with van der Waals surface area (Å²) in [6, 6.07) is 15.1. The number of hydrogen-bond acceptors (Lipinski definition) is 1. The molecule has 0 atom stereocenters. The number of fused-ring (bicyclic) bond motifs is 2. The molecule has 114 valence electrons. The lowest BCUT2D eigenvalue weighted by molar-refractivity contribution is 1.16. The number of rotatable bonds is 1. The van der Waals surface area contributed by atoms with E-state index in [1.165, 1.54) is 44.8 Å². The third-order valence-electron chi connectivity index (χ3n) is 4.68. The number of para-hydroxylation sites is 1. The van der Waals surface area contributed by atoms with E-state index in [-0.39, 0.29) is 0 Å². The number of allylic oxidation sites excluding steroid dienone is 3. The van der Waals surface area contributed by atoms with Gasteiger partial charge in [-0.05, 0) is 62.2 Å². The first kappa shape index (κ1) is 13.9. The molecule has 2 heteroatoms. The van der Waals surface area contributed by atoms with Crippen LogP contribution in [-0.2, 0) is 0 Å². The molecule has 2 aromatic carbocycles. The molecule has 1 aliphatic rings. The van der Waals surface area contributed by atoms with Crippen LogP contribution in [0.4, 0.5) is 11.4 Å². The zero-order valence-corrected chi connectivity index (χ0v) is 13.7. The van der Waals surface area contributed by atoms with Gasteiger partial charge in [-0.3, -0.25) is 0 Å². The quantitative estimate of drug-likeness (QED) is 0.597. The van der Waals surface area contributed by atoms with E-state index in [0.29, 0.717) is 0 Å². The molecular formula is C21H20N2. The fourth-order valence-corrected chi connectivity index (χ4v) is 3.32. The Morgan fingerprint density at radius 1 is 0.957 bits per heavy atom. The van der Waals surface area contributed by atoms with Crippen LogP contribution < -0.4 is 4.90 Å². The van der Waals surface area contributed by atoms with Crippen molar-refractivity contribution >= 4 is 28.4 Å². The second-order valence-electron chi connectivity index (χ2n) is 6.17. The highest BCUT2D eigenvalue weighted by Crippen LogP contribution is 2.38. The van der Waals surface area contributed by atoms with Crippen LogP contribution in [0.25, 0.3) is 17.0 Å². The molecule has 1 aromatic heterocycles. The molecule has 0 amide bonds. The number of benzene rings is 2. The zero-order valence-electron chi connectivity index (χ0n) is 13.7. The molecular weight excluding hydrogens is 280 g/mol. The first-order valence-electron chi connectivity index (χ1n) is 7.98. The summed E-state index contributed by atoms with van der Waals surface area (Å²) in [7, 11) is 0. The van der Waals surface area contributed by atoms with Crippen molar-refractivity contribution in [2.24, 2.45) is 0 Å². The van der Waals surface area contributed by atoms with Crippen molar-refractivity contribution < 1.29 is 0 Å². The Hall–Kier alpha value is -2.74. The fourth-order valence-electron chi connectivity index (χ4n) is 3.32. The summed E-state index contributed by atoms with van der Waals surface area (Å²) in [4.78, 5) is 5.83. The average molecular weight is 300 g/mol. The van der Waals surface area contributed by atoms with Gasteiger partial charge in [0.1, 0.15) is 0 Å². The molecule has 0 aliphatic carbocycles. The fraction of sp³-hybridized carbons (Fsp3) is 0.143. The molecule has 2 heterocycles. The summed E-state index contributed by atoms with van der Waals surface area (Å²) >= 11 is 0. The first-order chi connectivity index (χ1) is 11.1. The minimum Gasteiger partial charge on any atom is -0.358 e. The summed E-state index contributed by atoms with van der Waals surface area (Å²) in [5.74, 6) is 0. The van der Waals surface area contributed by atoms with Crippen molar-refractivity contribution in [3.05, 3.63) is 77.1 Å². The second-order valence-corrected chi connectivity index (χ2v) is 6.17. The number of nitrogens with zero attached hydrogens (tertiary/aromatic N) is 1. The summed E-state index contributed by atoms with van der Waals surface area (Å²) in [6.07, 6.45) is 6.50. The average Bonchev–Trinajstić information content (AvgIpc) is 2.73. The van der Waals surface area contributed by atoms with Gasteiger partial charge < -0.3 is 9.88 Å². The van der Waals surface area contributed by atoms with Crippen LogP contribution in [0.3, 0.4) is 0 Å².